The Labute approximate surface area is 325 Å². The van der Waals surface area contributed by atoms with E-state index in [0.29, 0.717) is 17.5 Å². The zero-order valence-electron chi connectivity index (χ0n) is 30.3. The molecular weight excluding hydrogens is 703 g/mol. The van der Waals surface area contributed by atoms with E-state index >= 15 is 0 Å². The molecule has 12 aromatic rings. The highest BCUT2D eigenvalue weighted by molar-refractivity contribution is 6.13. The van der Waals surface area contributed by atoms with Crippen LogP contribution in [0.15, 0.2) is 189 Å². The monoisotopic (exact) mass is 731 g/mol. The Morgan fingerprint density at radius 1 is 0.281 bits per heavy atom. The van der Waals surface area contributed by atoms with Crippen molar-refractivity contribution >= 4 is 65.8 Å². The molecule has 0 aliphatic carbocycles. The maximum absolute atomic E-state index is 6.51. The summed E-state index contributed by atoms with van der Waals surface area (Å²) >= 11 is 0. The van der Waals surface area contributed by atoms with Crippen LogP contribution in [0.25, 0.3) is 122 Å². The molecule has 0 bridgehead atoms. The lowest BCUT2D eigenvalue weighted by Crippen LogP contribution is -2.00. The molecule has 0 saturated heterocycles. The first-order valence-corrected chi connectivity index (χ1v) is 18.9. The molecule has 0 atom stereocenters. The van der Waals surface area contributed by atoms with Gasteiger partial charge >= 0.3 is 0 Å². The summed E-state index contributed by atoms with van der Waals surface area (Å²) in [5.41, 5.74) is 11.7. The van der Waals surface area contributed by atoms with Crippen molar-refractivity contribution in [3.05, 3.63) is 176 Å². The molecule has 0 N–H and O–H groups in total. The SMILES string of the molecule is c1ccc(-c2cccc3oc4cc(-c5nc(-c6cccc(-c7cccc8c7oc7ccccc78)c6)nc(-c6ccc7c(c6)oc6ccccc67)n5)ccc4c23)cc1. The van der Waals surface area contributed by atoms with Crippen LogP contribution in [0.5, 0.6) is 0 Å². The number of nitrogens with zero attached hydrogens (tertiary/aromatic N) is 3. The molecule has 0 spiro atoms. The minimum absolute atomic E-state index is 0.537. The fraction of sp³-hybridized carbons (Fsp3) is 0. The minimum Gasteiger partial charge on any atom is -0.456 e. The lowest BCUT2D eigenvalue weighted by molar-refractivity contribution is 0.668. The van der Waals surface area contributed by atoms with Crippen LogP contribution in [-0.2, 0) is 0 Å². The van der Waals surface area contributed by atoms with Gasteiger partial charge in [0.2, 0.25) is 0 Å². The molecule has 8 aromatic carbocycles. The Kier molecular flexibility index (Phi) is 6.83. The first-order chi connectivity index (χ1) is 28.2. The van der Waals surface area contributed by atoms with Gasteiger partial charge in [0.1, 0.15) is 33.5 Å². The summed E-state index contributed by atoms with van der Waals surface area (Å²) < 4.78 is 19.2. The Morgan fingerprint density at radius 2 is 0.772 bits per heavy atom. The largest absolute Gasteiger partial charge is 0.456 e. The summed E-state index contributed by atoms with van der Waals surface area (Å²) in [6.45, 7) is 0. The molecule has 0 amide bonds. The topological polar surface area (TPSA) is 78.1 Å². The van der Waals surface area contributed by atoms with Crippen LogP contribution in [0.3, 0.4) is 0 Å². The third-order valence-corrected chi connectivity index (χ3v) is 10.9. The summed E-state index contributed by atoms with van der Waals surface area (Å²) in [5.74, 6) is 1.63. The van der Waals surface area contributed by atoms with Crippen LogP contribution >= 0.6 is 0 Å². The summed E-state index contributed by atoms with van der Waals surface area (Å²) in [4.78, 5) is 15.4. The maximum atomic E-state index is 6.51. The zero-order chi connectivity index (χ0) is 37.5. The van der Waals surface area contributed by atoms with Crippen LogP contribution < -0.4 is 0 Å². The maximum Gasteiger partial charge on any atom is 0.164 e. The van der Waals surface area contributed by atoms with E-state index in [9.17, 15) is 0 Å². The number of aromatic nitrogens is 3. The molecule has 0 unspecified atom stereocenters. The molecule has 0 saturated carbocycles. The van der Waals surface area contributed by atoms with Gasteiger partial charge < -0.3 is 13.3 Å². The van der Waals surface area contributed by atoms with E-state index in [1.807, 2.05) is 78.9 Å². The van der Waals surface area contributed by atoms with Crippen molar-refractivity contribution in [2.45, 2.75) is 0 Å². The second-order valence-electron chi connectivity index (χ2n) is 14.3. The molecule has 4 heterocycles. The Bertz CT molecular complexity index is 3540. The number of hydrogen-bond donors (Lipinski definition) is 0. The average Bonchev–Trinajstić information content (AvgIpc) is 3.97. The fourth-order valence-corrected chi connectivity index (χ4v) is 8.25. The van der Waals surface area contributed by atoms with Crippen LogP contribution in [0.2, 0.25) is 0 Å². The van der Waals surface area contributed by atoms with Gasteiger partial charge in [0.05, 0.1) is 0 Å². The van der Waals surface area contributed by atoms with E-state index in [1.54, 1.807) is 0 Å². The summed E-state index contributed by atoms with van der Waals surface area (Å²) in [6, 6.07) is 59.8. The van der Waals surface area contributed by atoms with Gasteiger partial charge in [-0.1, -0.05) is 127 Å². The van der Waals surface area contributed by atoms with Crippen molar-refractivity contribution < 1.29 is 13.3 Å². The second kappa shape index (κ2) is 12.3. The molecule has 0 fully saturated rings. The number of para-hydroxylation sites is 3. The van der Waals surface area contributed by atoms with Crippen LogP contribution in [0.1, 0.15) is 0 Å². The summed E-state index contributed by atoms with van der Waals surface area (Å²) in [5, 5.41) is 6.40. The van der Waals surface area contributed by atoms with Gasteiger partial charge in [0.25, 0.3) is 0 Å². The second-order valence-corrected chi connectivity index (χ2v) is 14.3. The first-order valence-electron chi connectivity index (χ1n) is 18.9. The lowest BCUT2D eigenvalue weighted by atomic mass is 9.99. The van der Waals surface area contributed by atoms with Crippen molar-refractivity contribution in [1.29, 1.82) is 0 Å². The smallest absolute Gasteiger partial charge is 0.164 e. The molecule has 12 rings (SSSR count). The van der Waals surface area contributed by atoms with E-state index in [0.717, 1.165) is 105 Å². The van der Waals surface area contributed by atoms with E-state index in [2.05, 4.69) is 97.1 Å². The van der Waals surface area contributed by atoms with Gasteiger partial charge in [-0.2, -0.15) is 0 Å². The predicted molar refractivity (Wildman–Crippen MR) is 229 cm³/mol. The number of hydrogen-bond acceptors (Lipinski definition) is 6. The molecular formula is C51H29N3O3. The van der Waals surface area contributed by atoms with E-state index in [4.69, 9.17) is 28.2 Å². The highest BCUT2D eigenvalue weighted by Gasteiger charge is 2.19. The molecule has 4 aromatic heterocycles. The molecule has 6 heteroatoms. The quantitative estimate of drug-likeness (QED) is 0.175. The van der Waals surface area contributed by atoms with E-state index < -0.39 is 0 Å². The third-order valence-electron chi connectivity index (χ3n) is 10.9. The zero-order valence-corrected chi connectivity index (χ0v) is 30.3. The van der Waals surface area contributed by atoms with Crippen molar-refractivity contribution in [1.82, 2.24) is 15.0 Å². The number of rotatable bonds is 5. The number of benzene rings is 8. The van der Waals surface area contributed by atoms with Gasteiger partial charge in [0.15, 0.2) is 17.5 Å². The van der Waals surface area contributed by atoms with Gasteiger partial charge in [-0.05, 0) is 65.2 Å². The molecule has 0 radical (unpaired) electrons. The fourth-order valence-electron chi connectivity index (χ4n) is 8.25. The third kappa shape index (κ3) is 5.08. The van der Waals surface area contributed by atoms with Gasteiger partial charge in [-0.3, -0.25) is 0 Å². The number of furan rings is 3. The average molecular weight is 732 g/mol. The summed E-state index contributed by atoms with van der Waals surface area (Å²) in [7, 11) is 0. The van der Waals surface area contributed by atoms with Crippen molar-refractivity contribution in [3.8, 4) is 56.4 Å². The normalized spacial score (nSPS) is 11.9. The highest BCUT2D eigenvalue weighted by atomic mass is 16.3. The molecule has 0 aliphatic heterocycles. The minimum atomic E-state index is 0.537. The Balaban J connectivity index is 1.03. The van der Waals surface area contributed by atoms with Crippen molar-refractivity contribution in [3.63, 3.8) is 0 Å². The molecule has 6 nitrogen and oxygen atoms in total. The Morgan fingerprint density at radius 3 is 1.54 bits per heavy atom. The van der Waals surface area contributed by atoms with Crippen LogP contribution in [0.4, 0.5) is 0 Å². The Hall–Kier alpha value is -7.83. The lowest BCUT2D eigenvalue weighted by Gasteiger charge is -2.10. The first kappa shape index (κ1) is 31.5. The van der Waals surface area contributed by atoms with Crippen LogP contribution in [0, 0.1) is 0 Å². The molecule has 266 valence electrons. The van der Waals surface area contributed by atoms with Crippen LogP contribution in [-0.4, -0.2) is 15.0 Å². The van der Waals surface area contributed by atoms with Gasteiger partial charge in [-0.15, -0.1) is 0 Å². The van der Waals surface area contributed by atoms with Gasteiger partial charge in [-0.25, -0.2) is 15.0 Å². The van der Waals surface area contributed by atoms with Crippen molar-refractivity contribution in [2.24, 2.45) is 0 Å². The molecule has 0 aliphatic rings. The van der Waals surface area contributed by atoms with E-state index in [1.165, 1.54) is 0 Å². The molecule has 57 heavy (non-hydrogen) atoms. The number of fused-ring (bicyclic) bond motifs is 9. The highest BCUT2D eigenvalue weighted by Crippen LogP contribution is 2.40. The van der Waals surface area contributed by atoms with E-state index in [-0.39, 0.29) is 0 Å². The standard InChI is InChI=1S/C51H29N3O3/c1-2-11-30(12-3-1)35-17-10-22-44-47(35)41-26-24-34(29-46(41)56-44)51-53-49(52-50(54-51)33-23-25-39-37-15-4-6-20-42(37)55-45(39)28-33)32-14-8-13-31(27-32)36-18-9-19-40-38-16-5-7-21-43(38)57-48(36)40/h1-29H. The predicted octanol–water partition coefficient (Wildman–Crippen LogP) is 13.9. The van der Waals surface area contributed by atoms with Gasteiger partial charge in [0, 0.05) is 54.6 Å². The summed E-state index contributed by atoms with van der Waals surface area (Å²) in [6.07, 6.45) is 0. The van der Waals surface area contributed by atoms with Crippen molar-refractivity contribution in [2.75, 3.05) is 0 Å².